The summed E-state index contributed by atoms with van der Waals surface area (Å²) in [5.74, 6) is -1.48. The highest BCUT2D eigenvalue weighted by Gasteiger charge is 2.16. The average molecular weight is 223 g/mol. The lowest BCUT2D eigenvalue weighted by Gasteiger charge is -2.18. The highest BCUT2D eigenvalue weighted by atomic mass is 16.4. The fraction of sp³-hybridized carbons (Fsp3) is 0.273. The van der Waals surface area contributed by atoms with E-state index in [0.717, 1.165) is 0 Å². The van der Waals surface area contributed by atoms with Crippen LogP contribution >= 0.6 is 0 Å². The van der Waals surface area contributed by atoms with Crippen molar-refractivity contribution in [3.8, 4) is 5.75 Å². The van der Waals surface area contributed by atoms with E-state index in [2.05, 4.69) is 0 Å². The van der Waals surface area contributed by atoms with Crippen molar-refractivity contribution in [1.82, 2.24) is 4.90 Å². The summed E-state index contributed by atoms with van der Waals surface area (Å²) in [5, 5.41) is 17.8. The molecule has 0 heterocycles. The van der Waals surface area contributed by atoms with E-state index in [0.29, 0.717) is 6.54 Å². The number of nitrogens with zero attached hydrogens (tertiary/aromatic N) is 1. The van der Waals surface area contributed by atoms with Gasteiger partial charge in [0.2, 0.25) is 0 Å². The van der Waals surface area contributed by atoms with Crippen LogP contribution in [-0.4, -0.2) is 40.1 Å². The molecule has 0 fully saturated rings. The lowest BCUT2D eigenvalue weighted by atomic mass is 10.2. The van der Waals surface area contributed by atoms with Crippen LogP contribution in [0.4, 0.5) is 0 Å². The van der Waals surface area contributed by atoms with Gasteiger partial charge in [0.25, 0.3) is 5.91 Å². The molecule has 1 rings (SSSR count). The Hall–Kier alpha value is -2.04. The van der Waals surface area contributed by atoms with Crippen LogP contribution in [0, 0.1) is 0 Å². The van der Waals surface area contributed by atoms with Crippen molar-refractivity contribution in [2.45, 2.75) is 6.92 Å². The minimum absolute atomic E-state index is 0.0165. The number of amides is 1. The van der Waals surface area contributed by atoms with Gasteiger partial charge in [-0.15, -0.1) is 0 Å². The number of phenolic OH excluding ortho intramolecular Hbond substituents is 1. The molecule has 0 saturated carbocycles. The van der Waals surface area contributed by atoms with Crippen molar-refractivity contribution < 1.29 is 19.8 Å². The van der Waals surface area contributed by atoms with Crippen LogP contribution in [0.1, 0.15) is 17.3 Å². The zero-order valence-electron chi connectivity index (χ0n) is 8.88. The molecular weight excluding hydrogens is 210 g/mol. The summed E-state index contributed by atoms with van der Waals surface area (Å²) in [5.41, 5.74) is 0.281. The number of aliphatic carboxylic acids is 1. The summed E-state index contributed by atoms with van der Waals surface area (Å²) < 4.78 is 0. The van der Waals surface area contributed by atoms with Gasteiger partial charge in [0.15, 0.2) is 0 Å². The topological polar surface area (TPSA) is 77.8 Å². The maximum absolute atomic E-state index is 11.8. The van der Waals surface area contributed by atoms with Gasteiger partial charge in [0, 0.05) is 12.1 Å². The molecule has 16 heavy (non-hydrogen) atoms. The van der Waals surface area contributed by atoms with Crippen LogP contribution in [0.15, 0.2) is 24.3 Å². The summed E-state index contributed by atoms with van der Waals surface area (Å²) >= 11 is 0. The van der Waals surface area contributed by atoms with E-state index < -0.39 is 11.9 Å². The molecule has 0 unspecified atom stereocenters. The van der Waals surface area contributed by atoms with Gasteiger partial charge in [-0.1, -0.05) is 6.07 Å². The Labute approximate surface area is 92.9 Å². The Balaban J connectivity index is 2.86. The zero-order chi connectivity index (χ0) is 12.1. The summed E-state index contributed by atoms with van der Waals surface area (Å²) in [6, 6.07) is 5.83. The Morgan fingerprint density at radius 3 is 2.56 bits per heavy atom. The van der Waals surface area contributed by atoms with E-state index in [1.807, 2.05) is 0 Å². The number of rotatable bonds is 4. The number of carboxylic acid groups (broad SMARTS) is 1. The fourth-order valence-electron chi connectivity index (χ4n) is 1.31. The Bertz CT molecular complexity index is 403. The van der Waals surface area contributed by atoms with Crippen molar-refractivity contribution in [3.05, 3.63) is 29.8 Å². The molecule has 2 N–H and O–H groups in total. The Morgan fingerprint density at radius 1 is 1.38 bits per heavy atom. The van der Waals surface area contributed by atoms with Gasteiger partial charge in [-0.2, -0.15) is 0 Å². The predicted octanol–water partition coefficient (Wildman–Crippen LogP) is 0.939. The van der Waals surface area contributed by atoms with E-state index >= 15 is 0 Å². The first-order valence-electron chi connectivity index (χ1n) is 4.84. The normalized spacial score (nSPS) is 9.81. The van der Waals surface area contributed by atoms with Crippen LogP contribution < -0.4 is 0 Å². The van der Waals surface area contributed by atoms with Crippen molar-refractivity contribution in [2.75, 3.05) is 13.1 Å². The average Bonchev–Trinajstić information content (AvgIpc) is 2.24. The molecule has 1 aromatic rings. The number of carbonyl (C=O) groups excluding carboxylic acids is 1. The quantitative estimate of drug-likeness (QED) is 0.796. The van der Waals surface area contributed by atoms with Crippen molar-refractivity contribution in [3.63, 3.8) is 0 Å². The zero-order valence-corrected chi connectivity index (χ0v) is 8.88. The third-order valence-electron chi connectivity index (χ3n) is 2.09. The van der Waals surface area contributed by atoms with Gasteiger partial charge < -0.3 is 15.1 Å². The van der Waals surface area contributed by atoms with Crippen LogP contribution in [-0.2, 0) is 4.79 Å². The van der Waals surface area contributed by atoms with Gasteiger partial charge in [0.1, 0.15) is 12.3 Å². The van der Waals surface area contributed by atoms with Crippen LogP contribution in [0.3, 0.4) is 0 Å². The van der Waals surface area contributed by atoms with Crippen molar-refractivity contribution in [1.29, 1.82) is 0 Å². The van der Waals surface area contributed by atoms with E-state index in [1.165, 1.54) is 29.2 Å². The molecule has 0 atom stereocenters. The molecule has 1 aromatic carbocycles. The highest BCUT2D eigenvalue weighted by Crippen LogP contribution is 2.12. The second-order valence-electron chi connectivity index (χ2n) is 3.26. The molecule has 1 amide bonds. The maximum Gasteiger partial charge on any atom is 0.323 e. The molecule has 5 heteroatoms. The van der Waals surface area contributed by atoms with E-state index in [4.69, 9.17) is 5.11 Å². The molecule has 86 valence electrons. The summed E-state index contributed by atoms with van der Waals surface area (Å²) in [6.45, 7) is 1.66. The minimum Gasteiger partial charge on any atom is -0.508 e. The largest absolute Gasteiger partial charge is 0.508 e. The summed E-state index contributed by atoms with van der Waals surface area (Å²) in [4.78, 5) is 23.5. The fourth-order valence-corrected chi connectivity index (χ4v) is 1.31. The molecule has 0 spiro atoms. The maximum atomic E-state index is 11.8. The molecule has 0 aromatic heterocycles. The molecule has 0 aliphatic carbocycles. The molecule has 5 nitrogen and oxygen atoms in total. The smallest absolute Gasteiger partial charge is 0.323 e. The van der Waals surface area contributed by atoms with Crippen LogP contribution in [0.25, 0.3) is 0 Å². The van der Waals surface area contributed by atoms with Gasteiger partial charge in [-0.3, -0.25) is 9.59 Å². The number of likely N-dealkylation sites (N-methyl/N-ethyl adjacent to an activating group) is 1. The second-order valence-corrected chi connectivity index (χ2v) is 3.26. The number of carbonyl (C=O) groups is 2. The molecule has 0 aliphatic heterocycles. The van der Waals surface area contributed by atoms with E-state index in [9.17, 15) is 14.7 Å². The lowest BCUT2D eigenvalue weighted by molar-refractivity contribution is -0.137. The third kappa shape index (κ3) is 2.98. The standard InChI is InChI=1S/C11H13NO4/c1-2-12(7-10(14)15)11(16)8-4-3-5-9(13)6-8/h3-6,13H,2,7H2,1H3,(H,14,15). The van der Waals surface area contributed by atoms with E-state index in [1.54, 1.807) is 6.92 Å². The molecular formula is C11H13NO4. The van der Waals surface area contributed by atoms with Crippen molar-refractivity contribution in [2.24, 2.45) is 0 Å². The molecule has 0 radical (unpaired) electrons. The number of hydrogen-bond acceptors (Lipinski definition) is 3. The van der Waals surface area contributed by atoms with Crippen LogP contribution in [0.2, 0.25) is 0 Å². The minimum atomic E-state index is -1.06. The van der Waals surface area contributed by atoms with Crippen molar-refractivity contribution >= 4 is 11.9 Å². The third-order valence-corrected chi connectivity index (χ3v) is 2.09. The number of aromatic hydroxyl groups is 1. The molecule has 0 aliphatic rings. The van der Waals surface area contributed by atoms with Gasteiger partial charge in [0.05, 0.1) is 0 Å². The van der Waals surface area contributed by atoms with Gasteiger partial charge in [-0.25, -0.2) is 0 Å². The monoisotopic (exact) mass is 223 g/mol. The van der Waals surface area contributed by atoms with Gasteiger partial charge >= 0.3 is 5.97 Å². The first kappa shape index (κ1) is 12.0. The number of carboxylic acids is 1. The first-order valence-corrected chi connectivity index (χ1v) is 4.84. The first-order chi connectivity index (χ1) is 7.54. The number of benzene rings is 1. The second kappa shape index (κ2) is 5.16. The number of phenols is 1. The van der Waals surface area contributed by atoms with Gasteiger partial charge in [-0.05, 0) is 25.1 Å². The SMILES string of the molecule is CCN(CC(=O)O)C(=O)c1cccc(O)c1. The predicted molar refractivity (Wildman–Crippen MR) is 57.3 cm³/mol. The molecule has 0 saturated heterocycles. The Morgan fingerprint density at radius 2 is 2.06 bits per heavy atom. The number of hydrogen-bond donors (Lipinski definition) is 2. The summed E-state index contributed by atoms with van der Waals surface area (Å²) in [7, 11) is 0. The highest BCUT2D eigenvalue weighted by molar-refractivity contribution is 5.96. The lowest BCUT2D eigenvalue weighted by Crippen LogP contribution is -2.35. The Kier molecular flexibility index (Phi) is 3.88. The van der Waals surface area contributed by atoms with E-state index in [-0.39, 0.29) is 17.9 Å². The summed E-state index contributed by atoms with van der Waals surface area (Å²) in [6.07, 6.45) is 0. The van der Waals surface area contributed by atoms with Crippen LogP contribution in [0.5, 0.6) is 5.75 Å². The molecule has 0 bridgehead atoms.